The zero-order chi connectivity index (χ0) is 19.4. The number of hydrogen-bond acceptors (Lipinski definition) is 2. The SMILES string of the molecule is CCCCCCCCCCCCCCCCCCSc1ccccc1C#N. The van der Waals surface area contributed by atoms with Crippen LogP contribution in [-0.4, -0.2) is 5.75 Å². The summed E-state index contributed by atoms with van der Waals surface area (Å²) >= 11 is 1.84. The second-order valence-corrected chi connectivity index (χ2v) is 8.90. The van der Waals surface area contributed by atoms with Gasteiger partial charge in [-0.15, -0.1) is 11.8 Å². The average Bonchev–Trinajstić information content (AvgIpc) is 2.70. The highest BCUT2D eigenvalue weighted by atomic mass is 32.2. The fourth-order valence-corrected chi connectivity index (χ4v) is 4.53. The van der Waals surface area contributed by atoms with Gasteiger partial charge in [0.15, 0.2) is 0 Å². The highest BCUT2D eigenvalue weighted by Gasteiger charge is 2.01. The van der Waals surface area contributed by atoms with Crippen molar-refractivity contribution in [2.45, 2.75) is 115 Å². The van der Waals surface area contributed by atoms with Gasteiger partial charge in [-0.3, -0.25) is 0 Å². The molecule has 0 amide bonds. The van der Waals surface area contributed by atoms with Crippen molar-refractivity contribution < 1.29 is 0 Å². The number of rotatable bonds is 18. The van der Waals surface area contributed by atoms with Crippen molar-refractivity contribution in [1.82, 2.24) is 0 Å². The predicted molar refractivity (Wildman–Crippen MR) is 121 cm³/mol. The molecule has 0 radical (unpaired) electrons. The zero-order valence-corrected chi connectivity index (χ0v) is 18.5. The number of nitriles is 1. The van der Waals surface area contributed by atoms with Gasteiger partial charge < -0.3 is 0 Å². The molecule has 0 N–H and O–H groups in total. The molecule has 0 aliphatic carbocycles. The van der Waals surface area contributed by atoms with Crippen LogP contribution < -0.4 is 0 Å². The van der Waals surface area contributed by atoms with Crippen molar-refractivity contribution in [3.05, 3.63) is 29.8 Å². The van der Waals surface area contributed by atoms with Gasteiger partial charge in [0.1, 0.15) is 6.07 Å². The molecule has 0 saturated carbocycles. The van der Waals surface area contributed by atoms with Crippen molar-refractivity contribution in [1.29, 1.82) is 5.26 Å². The van der Waals surface area contributed by atoms with Crippen LogP contribution in [0.2, 0.25) is 0 Å². The minimum absolute atomic E-state index is 0.819. The first-order valence-corrected chi connectivity index (χ1v) is 12.5. The molecular formula is C25H41NS. The number of benzene rings is 1. The van der Waals surface area contributed by atoms with Crippen molar-refractivity contribution in [3.8, 4) is 6.07 Å². The van der Waals surface area contributed by atoms with Gasteiger partial charge in [0.2, 0.25) is 0 Å². The molecule has 1 nitrogen and oxygen atoms in total. The number of unbranched alkanes of at least 4 members (excludes halogenated alkanes) is 15. The lowest BCUT2D eigenvalue weighted by atomic mass is 10.0. The molecular weight excluding hydrogens is 346 g/mol. The van der Waals surface area contributed by atoms with Crippen molar-refractivity contribution in [2.75, 3.05) is 5.75 Å². The minimum atomic E-state index is 0.819. The van der Waals surface area contributed by atoms with Gasteiger partial charge in [-0.05, 0) is 24.3 Å². The normalized spacial score (nSPS) is 10.8. The molecule has 152 valence electrons. The Hall–Kier alpha value is -0.940. The second kappa shape index (κ2) is 18.4. The second-order valence-electron chi connectivity index (χ2n) is 7.76. The van der Waals surface area contributed by atoms with Crippen LogP contribution in [0.1, 0.15) is 115 Å². The van der Waals surface area contributed by atoms with E-state index in [4.69, 9.17) is 5.26 Å². The van der Waals surface area contributed by atoms with Gasteiger partial charge in [0, 0.05) is 4.90 Å². The van der Waals surface area contributed by atoms with Crippen LogP contribution in [0.5, 0.6) is 0 Å². The maximum Gasteiger partial charge on any atom is 0.100 e. The molecule has 0 spiro atoms. The molecule has 1 rings (SSSR count). The van der Waals surface area contributed by atoms with Crippen molar-refractivity contribution >= 4 is 11.8 Å². The third-order valence-corrected chi connectivity index (χ3v) is 6.42. The standard InChI is InChI=1S/C25H41NS/c1-2-3-4-5-6-7-8-9-10-11-12-13-14-15-16-19-22-27-25-21-18-17-20-24(25)23-26/h17-18,20-21H,2-16,19,22H2,1H3. The Kier molecular flexibility index (Phi) is 16.4. The van der Waals surface area contributed by atoms with E-state index in [9.17, 15) is 0 Å². The number of nitrogens with zero attached hydrogens (tertiary/aromatic N) is 1. The van der Waals surface area contributed by atoms with Gasteiger partial charge in [-0.25, -0.2) is 0 Å². The minimum Gasteiger partial charge on any atom is -0.192 e. The Labute approximate surface area is 173 Å². The van der Waals surface area contributed by atoms with Gasteiger partial charge >= 0.3 is 0 Å². The van der Waals surface area contributed by atoms with Crippen molar-refractivity contribution in [2.24, 2.45) is 0 Å². The lowest BCUT2D eigenvalue weighted by molar-refractivity contribution is 0.531. The molecule has 0 atom stereocenters. The average molecular weight is 388 g/mol. The maximum absolute atomic E-state index is 9.10. The molecule has 1 aromatic rings. The van der Waals surface area contributed by atoms with Crippen LogP contribution >= 0.6 is 11.8 Å². The topological polar surface area (TPSA) is 23.8 Å². The first-order valence-electron chi connectivity index (χ1n) is 11.5. The summed E-state index contributed by atoms with van der Waals surface area (Å²) < 4.78 is 0. The predicted octanol–water partition coefficient (Wildman–Crippen LogP) is 8.91. The Balaban J connectivity index is 1.79. The van der Waals surface area contributed by atoms with Crippen LogP contribution in [-0.2, 0) is 0 Å². The summed E-state index contributed by atoms with van der Waals surface area (Å²) in [5.74, 6) is 1.14. The Morgan fingerprint density at radius 3 is 1.59 bits per heavy atom. The summed E-state index contributed by atoms with van der Waals surface area (Å²) in [6, 6.07) is 10.2. The first kappa shape index (κ1) is 24.1. The summed E-state index contributed by atoms with van der Waals surface area (Å²) in [7, 11) is 0. The van der Waals surface area contributed by atoms with E-state index in [0.29, 0.717) is 0 Å². The van der Waals surface area contributed by atoms with Crippen LogP contribution in [0, 0.1) is 11.3 Å². The van der Waals surface area contributed by atoms with Gasteiger partial charge in [0.05, 0.1) is 5.56 Å². The summed E-state index contributed by atoms with van der Waals surface area (Å²) in [5, 5.41) is 9.10. The van der Waals surface area contributed by atoms with E-state index in [-0.39, 0.29) is 0 Å². The molecule has 0 fully saturated rings. The third kappa shape index (κ3) is 13.8. The molecule has 0 aliphatic rings. The van der Waals surface area contributed by atoms with Crippen LogP contribution in [0.25, 0.3) is 0 Å². The molecule has 0 aromatic heterocycles. The van der Waals surface area contributed by atoms with Crippen molar-refractivity contribution in [3.63, 3.8) is 0 Å². The third-order valence-electron chi connectivity index (χ3n) is 5.26. The summed E-state index contributed by atoms with van der Waals surface area (Å²) in [5.41, 5.74) is 0.819. The highest BCUT2D eigenvalue weighted by molar-refractivity contribution is 7.99. The molecule has 0 heterocycles. The summed E-state index contributed by atoms with van der Waals surface area (Å²) in [6.07, 6.45) is 22.6. The van der Waals surface area contributed by atoms with Crippen LogP contribution in [0.4, 0.5) is 0 Å². The highest BCUT2D eigenvalue weighted by Crippen LogP contribution is 2.23. The monoisotopic (exact) mass is 387 g/mol. The number of thioether (sulfide) groups is 1. The van der Waals surface area contributed by atoms with E-state index in [1.54, 1.807) is 0 Å². The molecule has 27 heavy (non-hydrogen) atoms. The smallest absolute Gasteiger partial charge is 0.100 e. The summed E-state index contributed by atoms with van der Waals surface area (Å²) in [4.78, 5) is 1.14. The van der Waals surface area contributed by atoms with Gasteiger partial charge in [0.25, 0.3) is 0 Å². The molecule has 0 aliphatic heterocycles. The molecule has 0 unspecified atom stereocenters. The van der Waals surface area contributed by atoms with Gasteiger partial charge in [-0.1, -0.05) is 115 Å². The van der Waals surface area contributed by atoms with E-state index in [2.05, 4.69) is 19.1 Å². The van der Waals surface area contributed by atoms with E-state index in [1.165, 1.54) is 103 Å². The molecule has 0 bridgehead atoms. The van der Waals surface area contributed by atoms with E-state index < -0.39 is 0 Å². The van der Waals surface area contributed by atoms with Gasteiger partial charge in [-0.2, -0.15) is 5.26 Å². The van der Waals surface area contributed by atoms with Crippen LogP contribution in [0.3, 0.4) is 0 Å². The molecule has 1 aromatic carbocycles. The Morgan fingerprint density at radius 1 is 0.667 bits per heavy atom. The van der Waals surface area contributed by atoms with E-state index in [1.807, 2.05) is 30.0 Å². The number of hydrogen-bond donors (Lipinski definition) is 0. The first-order chi connectivity index (χ1) is 13.4. The Bertz CT molecular complexity index is 491. The quantitative estimate of drug-likeness (QED) is 0.185. The largest absolute Gasteiger partial charge is 0.192 e. The fraction of sp³-hybridized carbons (Fsp3) is 0.720. The fourth-order valence-electron chi connectivity index (χ4n) is 3.52. The maximum atomic E-state index is 9.10. The summed E-state index contributed by atoms with van der Waals surface area (Å²) in [6.45, 7) is 2.29. The lowest BCUT2D eigenvalue weighted by Gasteiger charge is -2.04. The van der Waals surface area contributed by atoms with E-state index >= 15 is 0 Å². The zero-order valence-electron chi connectivity index (χ0n) is 17.7. The molecule has 0 saturated heterocycles. The lowest BCUT2D eigenvalue weighted by Crippen LogP contribution is -1.86. The van der Waals surface area contributed by atoms with E-state index in [0.717, 1.165) is 16.2 Å². The molecule has 2 heteroatoms. The van der Waals surface area contributed by atoms with Crippen LogP contribution in [0.15, 0.2) is 29.2 Å². The Morgan fingerprint density at radius 2 is 1.11 bits per heavy atom.